The summed E-state index contributed by atoms with van der Waals surface area (Å²) in [5.41, 5.74) is -0.977. The molecule has 0 aliphatic heterocycles. The average Bonchev–Trinajstić information content (AvgIpc) is 0.734. The molecular weight excluding hydrogens is 1260 g/mol. The van der Waals surface area contributed by atoms with Crippen LogP contribution >= 0.6 is 25.3 Å². The molecule has 96 heavy (non-hydrogen) atoms. The molecule has 2 aromatic carbocycles. The molecule has 530 valence electrons. The van der Waals surface area contributed by atoms with Crippen LogP contribution < -0.4 is 9.47 Å². The second-order valence-corrected chi connectivity index (χ2v) is 32.1. The second-order valence-electron chi connectivity index (χ2n) is 30.1. The number of thiol groups is 2. The SMILES string of the molecule is [C-]#[N+]C(C)(CCC(=O)OCCOC(C)OCCOC(C)OCCOC(=O)CCC(C)(C#N)CC(CCC(C)(S)C(=O)OC1(CC)C2CC3CC(C2)CC1C3)c1ccc(OC(C)=O)cc1)CC(CCC(C)(S)C(=O)OC1(CC)C2CC3CC(C2)CC1C3)c1ccc(OC(C)=O)cc1. The van der Waals surface area contributed by atoms with Crippen molar-refractivity contribution < 1.29 is 76.1 Å². The fourth-order valence-electron chi connectivity index (χ4n) is 17.6. The van der Waals surface area contributed by atoms with E-state index in [2.05, 4.69) is 24.8 Å². The number of benzene rings is 2. The molecule has 8 fully saturated rings. The van der Waals surface area contributed by atoms with Gasteiger partial charge in [0.1, 0.15) is 45.4 Å². The summed E-state index contributed by atoms with van der Waals surface area (Å²) >= 11 is 9.94. The lowest BCUT2D eigenvalue weighted by Gasteiger charge is -2.60. The monoisotopic (exact) mass is 1370 g/mol. The largest absolute Gasteiger partial charge is 0.463 e. The Balaban J connectivity index is 0.706. The number of carbonyl (C=O) groups is 6. The highest BCUT2D eigenvalue weighted by Gasteiger charge is 2.61. The zero-order valence-corrected chi connectivity index (χ0v) is 60.5. The molecule has 8 saturated carbocycles. The fraction of sp³-hybridized carbons (Fsp3) is 0.737. The topological polar surface area (TPSA) is 223 Å². The summed E-state index contributed by atoms with van der Waals surface area (Å²) in [5.74, 6) is 2.51. The Morgan fingerprint density at radius 3 is 1.22 bits per heavy atom. The number of hydrogen-bond donors (Lipinski definition) is 2. The Labute approximate surface area is 581 Å². The molecule has 0 N–H and O–H groups in total. The number of ether oxygens (including phenoxy) is 10. The molecule has 2 aromatic rings. The van der Waals surface area contributed by atoms with E-state index in [9.17, 15) is 34.0 Å². The summed E-state index contributed by atoms with van der Waals surface area (Å²) in [6.45, 7) is 26.5. The molecular formula is C76H108N2O16S2. The predicted molar refractivity (Wildman–Crippen MR) is 368 cm³/mol. The molecule has 0 aromatic heterocycles. The molecule has 10 rings (SSSR count). The third kappa shape index (κ3) is 20.3. The van der Waals surface area contributed by atoms with Gasteiger partial charge in [-0.3, -0.25) is 28.8 Å². The van der Waals surface area contributed by atoms with Gasteiger partial charge >= 0.3 is 35.8 Å². The summed E-state index contributed by atoms with van der Waals surface area (Å²) in [6.07, 6.45) is 15.0. The maximum Gasteiger partial charge on any atom is 0.322 e. The number of rotatable bonds is 39. The lowest BCUT2D eigenvalue weighted by molar-refractivity contribution is -0.213. The predicted octanol–water partition coefficient (Wildman–Crippen LogP) is 15.0. The van der Waals surface area contributed by atoms with Crippen molar-refractivity contribution in [1.82, 2.24) is 0 Å². The minimum Gasteiger partial charge on any atom is -0.463 e. The third-order valence-corrected chi connectivity index (χ3v) is 23.4. The molecule has 8 aliphatic carbocycles. The van der Waals surface area contributed by atoms with E-state index in [1.807, 2.05) is 52.0 Å². The molecule has 8 unspecified atom stereocenters. The number of nitrogens with zero attached hydrogens (tertiary/aromatic N) is 2. The van der Waals surface area contributed by atoms with Gasteiger partial charge in [-0.25, -0.2) is 6.57 Å². The average molecular weight is 1370 g/mol. The molecule has 0 spiro atoms. The minimum absolute atomic E-state index is 0.00198. The molecule has 0 amide bonds. The normalized spacial score (nSPS) is 28.1. The van der Waals surface area contributed by atoms with E-state index in [1.165, 1.54) is 26.7 Å². The van der Waals surface area contributed by atoms with Crippen LogP contribution in [0.4, 0.5) is 0 Å². The van der Waals surface area contributed by atoms with Gasteiger partial charge in [-0.05, 0) is 245 Å². The Morgan fingerprint density at radius 2 is 0.885 bits per heavy atom. The van der Waals surface area contributed by atoms with Crippen LogP contribution in [-0.4, -0.2) is 114 Å². The van der Waals surface area contributed by atoms with E-state index >= 15 is 0 Å². The molecule has 20 heteroatoms. The van der Waals surface area contributed by atoms with E-state index < -0.39 is 68.1 Å². The smallest absolute Gasteiger partial charge is 0.322 e. The Morgan fingerprint density at radius 1 is 0.542 bits per heavy atom. The highest BCUT2D eigenvalue weighted by atomic mass is 32.1. The zero-order chi connectivity index (χ0) is 69.6. The summed E-state index contributed by atoms with van der Waals surface area (Å²) in [6, 6.07) is 16.9. The highest BCUT2D eigenvalue weighted by Crippen LogP contribution is 2.62. The van der Waals surface area contributed by atoms with E-state index in [-0.39, 0.29) is 89.1 Å². The first-order valence-corrected chi connectivity index (χ1v) is 36.5. The summed E-state index contributed by atoms with van der Waals surface area (Å²) < 4.78 is 55.7. The van der Waals surface area contributed by atoms with Gasteiger partial charge < -0.3 is 52.2 Å². The maximum atomic E-state index is 14.2. The van der Waals surface area contributed by atoms with Crippen LogP contribution in [0.2, 0.25) is 0 Å². The standard InChI is InChI=1S/C76H108N2O16S2/c1-12-75(61-38-53-36-54(40-61)41-62(75)39-53)93-69(83)73(9,95)28-22-59(57-14-18-65(19-15-57)91-49(3)79)46-71(7,48-77)26-24-67(81)89-34-32-87-51(5)85-30-31-86-52(6)88-33-35-90-68(82)25-27-72(8,78-11)47-60(58-16-20-66(21-17-58)92-50(4)80)23-29-74(10,96)70(84)94-76(13-2)63-42-55-37-56(44-63)45-64(76)43-55/h14-21,51-56,59-64,95-96H,12-13,22-47H2,1-10H3. The minimum atomic E-state index is -1.09. The number of carbonyl (C=O) groups excluding carboxylic acids is 6. The van der Waals surface area contributed by atoms with Crippen molar-refractivity contribution in [3.8, 4) is 17.6 Å². The molecule has 8 bridgehead atoms. The second kappa shape index (κ2) is 33.8. The Bertz CT molecular complexity index is 2790. The van der Waals surface area contributed by atoms with Gasteiger partial charge in [-0.15, -0.1) is 0 Å². The number of hydrogen-bond acceptors (Lipinski definition) is 19. The van der Waals surface area contributed by atoms with Crippen molar-refractivity contribution >= 4 is 61.1 Å². The van der Waals surface area contributed by atoms with Crippen molar-refractivity contribution in [1.29, 1.82) is 5.26 Å². The number of nitriles is 1. The fourth-order valence-corrected chi connectivity index (χ4v) is 18.0. The molecule has 18 nitrogen and oxygen atoms in total. The van der Waals surface area contributed by atoms with E-state index in [4.69, 9.17) is 79.2 Å². The maximum absolute atomic E-state index is 14.2. The molecule has 8 atom stereocenters. The van der Waals surface area contributed by atoms with Gasteiger partial charge in [-0.2, -0.15) is 30.5 Å². The first kappa shape index (κ1) is 76.5. The first-order chi connectivity index (χ1) is 45.5. The summed E-state index contributed by atoms with van der Waals surface area (Å²) in [5, 5.41) is 10.6. The van der Waals surface area contributed by atoms with Crippen molar-refractivity contribution in [2.75, 3.05) is 39.6 Å². The van der Waals surface area contributed by atoms with Gasteiger partial charge in [0, 0.05) is 40.0 Å². The van der Waals surface area contributed by atoms with Crippen molar-refractivity contribution in [3.05, 3.63) is 71.1 Å². The number of esters is 6. The molecule has 0 radical (unpaired) electrons. The van der Waals surface area contributed by atoms with E-state index in [0.717, 1.165) is 99.0 Å². The summed E-state index contributed by atoms with van der Waals surface area (Å²) in [7, 11) is 0. The van der Waals surface area contributed by atoms with Crippen LogP contribution in [0.25, 0.3) is 4.85 Å². The van der Waals surface area contributed by atoms with Crippen molar-refractivity contribution in [2.45, 2.75) is 261 Å². The van der Waals surface area contributed by atoms with Crippen molar-refractivity contribution in [2.24, 2.45) is 52.8 Å². The van der Waals surface area contributed by atoms with Crippen LogP contribution in [0.1, 0.15) is 233 Å². The van der Waals surface area contributed by atoms with Gasteiger partial charge in [0.25, 0.3) is 0 Å². The van der Waals surface area contributed by atoms with Crippen LogP contribution in [-0.2, 0) is 66.7 Å². The van der Waals surface area contributed by atoms with Gasteiger partial charge in [0.05, 0.1) is 44.3 Å². The molecule has 0 saturated heterocycles. The Kier molecular flexibility index (Phi) is 26.9. The first-order valence-electron chi connectivity index (χ1n) is 35.6. The highest BCUT2D eigenvalue weighted by molar-refractivity contribution is 7.82. The molecule has 8 aliphatic rings. The van der Waals surface area contributed by atoms with Gasteiger partial charge in [0.15, 0.2) is 12.6 Å². The van der Waals surface area contributed by atoms with Crippen LogP contribution in [0, 0.1) is 70.7 Å². The zero-order valence-electron chi connectivity index (χ0n) is 58.7. The van der Waals surface area contributed by atoms with E-state index in [1.54, 1.807) is 38.1 Å². The Hall–Kier alpha value is -5.22. The lowest BCUT2D eigenvalue weighted by atomic mass is 9.49. The van der Waals surface area contributed by atoms with E-state index in [0.29, 0.717) is 73.7 Å². The third-order valence-electron chi connectivity index (χ3n) is 22.6. The van der Waals surface area contributed by atoms with Gasteiger partial charge in [-0.1, -0.05) is 38.1 Å². The van der Waals surface area contributed by atoms with Crippen LogP contribution in [0.5, 0.6) is 11.5 Å². The van der Waals surface area contributed by atoms with Crippen molar-refractivity contribution in [3.63, 3.8) is 0 Å². The van der Waals surface area contributed by atoms with Crippen LogP contribution in [0.15, 0.2) is 48.5 Å². The quantitative estimate of drug-likeness (QED) is 0.0121. The van der Waals surface area contributed by atoms with Crippen LogP contribution in [0.3, 0.4) is 0 Å². The summed E-state index contributed by atoms with van der Waals surface area (Å²) in [4.78, 5) is 82.0. The van der Waals surface area contributed by atoms with Gasteiger partial charge in [0.2, 0.25) is 5.54 Å². The molecule has 0 heterocycles. The lowest BCUT2D eigenvalue weighted by Crippen LogP contribution is -2.60.